The van der Waals surface area contributed by atoms with Gasteiger partial charge in [0.15, 0.2) is 5.78 Å². The number of carbonyl (C=O) groups is 2. The highest BCUT2D eigenvalue weighted by Gasteiger charge is 2.44. The Morgan fingerprint density at radius 3 is 2.76 bits per heavy atom. The minimum absolute atomic E-state index is 0.0475. The van der Waals surface area contributed by atoms with E-state index in [1.807, 2.05) is 37.3 Å². The highest BCUT2D eigenvalue weighted by Crippen LogP contribution is 2.48. The number of para-hydroxylation sites is 2. The Kier molecular flexibility index (Phi) is 4.94. The number of furan rings is 1. The van der Waals surface area contributed by atoms with Crippen molar-refractivity contribution in [1.82, 2.24) is 5.32 Å². The first-order valence-electron chi connectivity index (χ1n) is 10.1. The van der Waals surface area contributed by atoms with Crippen LogP contribution < -0.4 is 15.5 Å². The van der Waals surface area contributed by atoms with E-state index in [1.54, 1.807) is 17.2 Å². The van der Waals surface area contributed by atoms with Crippen LogP contribution in [0, 0.1) is 5.41 Å². The maximum Gasteiger partial charge on any atom is 0.322 e. The number of nitrogens with one attached hydrogen (secondary N) is 2. The van der Waals surface area contributed by atoms with Gasteiger partial charge in [0.05, 0.1) is 17.6 Å². The molecule has 1 aliphatic heterocycles. The molecule has 2 heterocycles. The molecule has 0 spiro atoms. The summed E-state index contributed by atoms with van der Waals surface area (Å²) in [4.78, 5) is 28.3. The van der Waals surface area contributed by atoms with E-state index in [1.165, 1.54) is 0 Å². The molecule has 29 heavy (non-hydrogen) atoms. The van der Waals surface area contributed by atoms with E-state index in [0.717, 1.165) is 29.9 Å². The number of nitrogens with zero attached hydrogens (tertiary/aromatic N) is 1. The van der Waals surface area contributed by atoms with Gasteiger partial charge < -0.3 is 15.1 Å². The van der Waals surface area contributed by atoms with Gasteiger partial charge in [-0.05, 0) is 42.5 Å². The molecule has 2 amide bonds. The number of allylic oxidation sites excluding steroid dienone is 1. The van der Waals surface area contributed by atoms with E-state index in [0.29, 0.717) is 24.3 Å². The molecule has 6 heteroatoms. The lowest BCUT2D eigenvalue weighted by Crippen LogP contribution is -2.44. The topological polar surface area (TPSA) is 74.6 Å². The molecule has 0 saturated heterocycles. The third kappa shape index (κ3) is 3.55. The Balaban J connectivity index is 1.94. The van der Waals surface area contributed by atoms with E-state index in [4.69, 9.17) is 4.42 Å². The highest BCUT2D eigenvalue weighted by atomic mass is 16.3. The fourth-order valence-electron chi connectivity index (χ4n) is 4.24. The van der Waals surface area contributed by atoms with Crippen molar-refractivity contribution in [3.05, 3.63) is 59.7 Å². The van der Waals surface area contributed by atoms with Crippen LogP contribution in [0.1, 0.15) is 51.8 Å². The zero-order valence-electron chi connectivity index (χ0n) is 17.1. The van der Waals surface area contributed by atoms with Crippen molar-refractivity contribution in [3.8, 4) is 0 Å². The molecule has 4 rings (SSSR count). The zero-order chi connectivity index (χ0) is 20.6. The number of rotatable bonds is 3. The van der Waals surface area contributed by atoms with Crippen LogP contribution in [0.2, 0.25) is 0 Å². The SMILES string of the molecule is CCCNC(=O)N1c2ccccc2NC2=C(C(=O)CC(C)(C)C2)[C@@H]1c1ccco1. The quantitative estimate of drug-likeness (QED) is 0.768. The Morgan fingerprint density at radius 2 is 2.03 bits per heavy atom. The van der Waals surface area contributed by atoms with Crippen LogP contribution in [0.4, 0.5) is 16.2 Å². The summed E-state index contributed by atoms with van der Waals surface area (Å²) in [7, 11) is 0. The van der Waals surface area contributed by atoms with Crippen molar-refractivity contribution in [2.45, 2.75) is 46.1 Å². The van der Waals surface area contributed by atoms with Crippen molar-refractivity contribution in [1.29, 1.82) is 0 Å². The zero-order valence-corrected chi connectivity index (χ0v) is 17.1. The van der Waals surface area contributed by atoms with Gasteiger partial charge in [0.1, 0.15) is 11.8 Å². The molecule has 0 saturated carbocycles. The number of hydrogen-bond acceptors (Lipinski definition) is 4. The molecular formula is C23H27N3O3. The first kappa shape index (κ1) is 19.3. The van der Waals surface area contributed by atoms with E-state index in [-0.39, 0.29) is 17.2 Å². The number of anilines is 2. The molecule has 0 radical (unpaired) electrons. The first-order valence-corrected chi connectivity index (χ1v) is 10.1. The standard InChI is InChI=1S/C23H27N3O3/c1-4-11-24-22(28)26-17-9-6-5-8-15(17)25-16-13-23(2,3)14-18(27)20(16)21(26)19-10-7-12-29-19/h5-10,12,21,25H,4,11,13-14H2,1-3H3,(H,24,28)/t21-/m0/s1. The van der Waals surface area contributed by atoms with Crippen LogP contribution in [0.15, 0.2) is 58.3 Å². The maximum atomic E-state index is 13.3. The number of hydrogen-bond donors (Lipinski definition) is 2. The molecule has 152 valence electrons. The summed E-state index contributed by atoms with van der Waals surface area (Å²) < 4.78 is 5.74. The molecule has 0 unspecified atom stereocenters. The smallest absolute Gasteiger partial charge is 0.322 e. The molecule has 6 nitrogen and oxygen atoms in total. The van der Waals surface area contributed by atoms with Gasteiger partial charge in [-0.1, -0.05) is 32.9 Å². The molecule has 2 aromatic rings. The minimum atomic E-state index is -0.614. The third-order valence-corrected chi connectivity index (χ3v) is 5.46. The van der Waals surface area contributed by atoms with E-state index in [2.05, 4.69) is 24.5 Å². The number of urea groups is 1. The van der Waals surface area contributed by atoms with Gasteiger partial charge in [0.2, 0.25) is 0 Å². The predicted molar refractivity (Wildman–Crippen MR) is 113 cm³/mol. The van der Waals surface area contributed by atoms with Gasteiger partial charge in [-0.2, -0.15) is 0 Å². The van der Waals surface area contributed by atoms with Crippen LogP contribution in [-0.2, 0) is 4.79 Å². The van der Waals surface area contributed by atoms with Crippen molar-refractivity contribution in [3.63, 3.8) is 0 Å². The second-order valence-corrected chi connectivity index (χ2v) is 8.50. The second-order valence-electron chi connectivity index (χ2n) is 8.50. The van der Waals surface area contributed by atoms with Crippen molar-refractivity contribution < 1.29 is 14.0 Å². The van der Waals surface area contributed by atoms with E-state index in [9.17, 15) is 9.59 Å². The van der Waals surface area contributed by atoms with Crippen LogP contribution >= 0.6 is 0 Å². The summed E-state index contributed by atoms with van der Waals surface area (Å²) in [6.45, 7) is 6.76. The number of fused-ring (bicyclic) bond motifs is 1. The predicted octanol–water partition coefficient (Wildman–Crippen LogP) is 5.02. The summed E-state index contributed by atoms with van der Waals surface area (Å²) in [6, 6.07) is 10.4. The Labute approximate surface area is 171 Å². The van der Waals surface area contributed by atoms with Gasteiger partial charge in [0, 0.05) is 24.2 Å². The summed E-state index contributed by atoms with van der Waals surface area (Å²) in [6.07, 6.45) is 3.57. The maximum absolute atomic E-state index is 13.3. The van der Waals surface area contributed by atoms with Crippen LogP contribution in [0.5, 0.6) is 0 Å². The fourth-order valence-corrected chi connectivity index (χ4v) is 4.24. The van der Waals surface area contributed by atoms with Gasteiger partial charge in [-0.15, -0.1) is 0 Å². The number of carbonyl (C=O) groups excluding carboxylic acids is 2. The molecular weight excluding hydrogens is 366 g/mol. The van der Waals surface area contributed by atoms with Gasteiger partial charge in [-0.3, -0.25) is 9.69 Å². The Morgan fingerprint density at radius 1 is 1.24 bits per heavy atom. The molecule has 1 atom stereocenters. The average molecular weight is 393 g/mol. The van der Waals surface area contributed by atoms with Crippen molar-refractivity contribution in [2.24, 2.45) is 5.41 Å². The number of ketones is 1. The second kappa shape index (κ2) is 7.43. The monoisotopic (exact) mass is 393 g/mol. The number of amides is 2. The molecule has 2 aliphatic rings. The molecule has 2 N–H and O–H groups in total. The minimum Gasteiger partial charge on any atom is -0.467 e. The Hall–Kier alpha value is -3.02. The highest BCUT2D eigenvalue weighted by molar-refractivity contribution is 6.05. The lowest BCUT2D eigenvalue weighted by atomic mass is 9.74. The summed E-state index contributed by atoms with van der Waals surface area (Å²) >= 11 is 0. The van der Waals surface area contributed by atoms with Crippen LogP contribution in [0.25, 0.3) is 0 Å². The molecule has 1 aromatic heterocycles. The van der Waals surface area contributed by atoms with Gasteiger partial charge in [-0.25, -0.2) is 4.79 Å². The van der Waals surface area contributed by atoms with Crippen LogP contribution in [-0.4, -0.2) is 18.4 Å². The van der Waals surface area contributed by atoms with Gasteiger partial charge in [0.25, 0.3) is 0 Å². The first-order chi connectivity index (χ1) is 13.9. The number of Topliss-reactive ketones (excluding diaryl/α,β-unsaturated/α-hetero) is 1. The van der Waals surface area contributed by atoms with Crippen molar-refractivity contribution in [2.75, 3.05) is 16.8 Å². The molecule has 1 aromatic carbocycles. The molecule has 0 bridgehead atoms. The normalized spacial score (nSPS) is 20.4. The Bertz CT molecular complexity index is 960. The van der Waals surface area contributed by atoms with Gasteiger partial charge >= 0.3 is 6.03 Å². The van der Waals surface area contributed by atoms with E-state index < -0.39 is 6.04 Å². The largest absolute Gasteiger partial charge is 0.467 e. The molecule has 1 aliphatic carbocycles. The lowest BCUT2D eigenvalue weighted by Gasteiger charge is -2.36. The number of benzene rings is 1. The summed E-state index contributed by atoms with van der Waals surface area (Å²) in [5.41, 5.74) is 2.87. The van der Waals surface area contributed by atoms with Crippen LogP contribution in [0.3, 0.4) is 0 Å². The molecule has 0 fully saturated rings. The summed E-state index contributed by atoms with van der Waals surface area (Å²) in [5.74, 6) is 0.627. The van der Waals surface area contributed by atoms with E-state index >= 15 is 0 Å². The third-order valence-electron chi connectivity index (χ3n) is 5.46. The summed E-state index contributed by atoms with van der Waals surface area (Å²) in [5, 5.41) is 6.45. The van der Waals surface area contributed by atoms with Crippen molar-refractivity contribution >= 4 is 23.2 Å². The fraction of sp³-hybridized carbons (Fsp3) is 0.391. The lowest BCUT2D eigenvalue weighted by molar-refractivity contribution is -0.118. The average Bonchev–Trinajstić information content (AvgIpc) is 3.15.